The smallest absolute Gasteiger partial charge is 0.759 e. The summed E-state index contributed by atoms with van der Waals surface area (Å²) in [5.41, 5.74) is 0.0300. The van der Waals surface area contributed by atoms with Crippen molar-refractivity contribution in [2.75, 3.05) is 24.6 Å². The van der Waals surface area contributed by atoms with E-state index in [1.165, 1.54) is 0 Å². The van der Waals surface area contributed by atoms with Crippen molar-refractivity contribution in [3.8, 4) is 0 Å². The number of hydrogen-bond acceptors (Lipinski definition) is 7. The van der Waals surface area contributed by atoms with Gasteiger partial charge >= 0.3 is 29.6 Å². The van der Waals surface area contributed by atoms with Crippen LogP contribution >= 0.6 is 0 Å². The van der Waals surface area contributed by atoms with Gasteiger partial charge in [-0.2, -0.15) is 0 Å². The molecule has 0 bridgehead atoms. The second-order valence-corrected chi connectivity index (χ2v) is 10.5. The molecule has 9 heteroatoms. The Morgan fingerprint density at radius 3 is 2.50 bits per heavy atom. The predicted octanol–water partition coefficient (Wildman–Crippen LogP) is -1.19. The van der Waals surface area contributed by atoms with Gasteiger partial charge in [0.15, 0.2) is 0 Å². The maximum absolute atomic E-state index is 12.6. The van der Waals surface area contributed by atoms with E-state index in [4.69, 9.17) is 17.4 Å². The van der Waals surface area contributed by atoms with E-state index in [0.29, 0.717) is 5.03 Å². The van der Waals surface area contributed by atoms with E-state index in [9.17, 15) is 4.55 Å². The van der Waals surface area contributed by atoms with E-state index in [0.717, 1.165) is 38.4 Å². The SMILES string of the molecule is C[C@@H]1OCC2(CCN(c3cnc([S-])cn3)CC2)[C@@H]1N[S+]([O-])C(C)(C)C.[Na+]. The zero-order valence-corrected chi connectivity index (χ0v) is 20.0. The normalized spacial score (nSPS) is 26.6. The van der Waals surface area contributed by atoms with Crippen LogP contribution in [0.25, 0.3) is 0 Å². The van der Waals surface area contributed by atoms with Crippen molar-refractivity contribution in [1.29, 1.82) is 0 Å². The van der Waals surface area contributed by atoms with Crippen LogP contribution in [0.5, 0.6) is 0 Å². The maximum atomic E-state index is 12.6. The molecule has 2 saturated heterocycles. The zero-order valence-electron chi connectivity index (χ0n) is 16.3. The molecule has 1 spiro atoms. The first-order valence-corrected chi connectivity index (χ1v) is 10.3. The number of aromatic nitrogens is 2. The van der Waals surface area contributed by atoms with Crippen LogP contribution < -0.4 is 39.2 Å². The Labute approximate surface area is 187 Å². The Balaban J connectivity index is 0.00000243. The van der Waals surface area contributed by atoms with Crippen molar-refractivity contribution in [3.63, 3.8) is 0 Å². The third-order valence-corrected chi connectivity index (χ3v) is 7.04. The minimum atomic E-state index is -1.10. The molecule has 0 aliphatic carbocycles. The summed E-state index contributed by atoms with van der Waals surface area (Å²) in [6.07, 6.45) is 5.41. The Morgan fingerprint density at radius 2 is 1.96 bits per heavy atom. The summed E-state index contributed by atoms with van der Waals surface area (Å²) in [6, 6.07) is 0.107. The number of rotatable bonds is 3. The van der Waals surface area contributed by atoms with Gasteiger partial charge in [-0.25, -0.2) is 4.98 Å². The monoisotopic (exact) mass is 406 g/mol. The molecule has 0 saturated carbocycles. The maximum Gasteiger partial charge on any atom is 1.00 e. The standard InChI is InChI=1S/C17H28N4O2S2.Na/c1-12-15(20-25(22)16(2,3)4)17(11-23-12)5-7-21(8-6-17)13-9-19-14(24)10-18-13;/h9-10,12,15,20H,5-8,11H2,1-4H3,(H,19,24);/q;+1/p-1/t12-,15+,25?;/m0./s1. The topological polar surface area (TPSA) is 73.3 Å². The van der Waals surface area contributed by atoms with Crippen molar-refractivity contribution < 1.29 is 38.8 Å². The molecule has 1 N–H and O–H groups in total. The average Bonchev–Trinajstić information content (AvgIpc) is 2.85. The van der Waals surface area contributed by atoms with Crippen molar-refractivity contribution in [2.45, 2.75) is 62.5 Å². The minimum absolute atomic E-state index is 0. The summed E-state index contributed by atoms with van der Waals surface area (Å²) in [5, 5.41) is 0.518. The molecular weight excluding hydrogens is 379 g/mol. The van der Waals surface area contributed by atoms with Gasteiger partial charge in [0.25, 0.3) is 0 Å². The number of hydrogen-bond donors (Lipinski definition) is 1. The summed E-state index contributed by atoms with van der Waals surface area (Å²) < 4.78 is 21.7. The summed E-state index contributed by atoms with van der Waals surface area (Å²) in [6.45, 7) is 10.6. The number of nitrogens with one attached hydrogen (secondary N) is 1. The quantitative estimate of drug-likeness (QED) is 0.385. The molecule has 140 valence electrons. The van der Waals surface area contributed by atoms with Crippen molar-refractivity contribution in [3.05, 3.63) is 12.4 Å². The molecule has 0 radical (unpaired) electrons. The Hall–Kier alpha value is 0.330. The summed E-state index contributed by atoms with van der Waals surface area (Å²) >= 11 is 3.91. The molecule has 1 aromatic heterocycles. The fourth-order valence-corrected chi connectivity index (χ4v) is 4.73. The predicted molar refractivity (Wildman–Crippen MR) is 102 cm³/mol. The van der Waals surface area contributed by atoms with Gasteiger partial charge in [-0.3, -0.25) is 4.98 Å². The fraction of sp³-hybridized carbons (Fsp3) is 0.765. The van der Waals surface area contributed by atoms with Crippen LogP contribution in [0.2, 0.25) is 0 Å². The van der Waals surface area contributed by atoms with Crippen LogP contribution in [0.4, 0.5) is 5.82 Å². The second kappa shape index (κ2) is 8.78. The number of nitrogens with zero attached hydrogens (tertiary/aromatic N) is 3. The molecule has 3 atom stereocenters. The molecule has 3 heterocycles. The van der Waals surface area contributed by atoms with Crippen LogP contribution in [0.15, 0.2) is 17.4 Å². The number of anilines is 1. The molecule has 6 nitrogen and oxygen atoms in total. The third-order valence-electron chi connectivity index (χ3n) is 5.25. The van der Waals surface area contributed by atoms with Gasteiger partial charge in [0.2, 0.25) is 0 Å². The van der Waals surface area contributed by atoms with Gasteiger partial charge in [0.05, 0.1) is 24.9 Å². The van der Waals surface area contributed by atoms with E-state index in [2.05, 4.69) is 26.5 Å². The van der Waals surface area contributed by atoms with Crippen molar-refractivity contribution in [2.24, 2.45) is 5.41 Å². The zero-order chi connectivity index (χ0) is 18.2. The largest absolute Gasteiger partial charge is 1.00 e. The van der Waals surface area contributed by atoms with E-state index in [1.807, 2.05) is 20.8 Å². The van der Waals surface area contributed by atoms with Crippen LogP contribution in [0.1, 0.15) is 40.5 Å². The first-order chi connectivity index (χ1) is 11.7. The molecule has 1 unspecified atom stereocenters. The van der Waals surface area contributed by atoms with Gasteiger partial charge in [-0.05, 0) is 40.5 Å². The molecule has 3 rings (SSSR count). The van der Waals surface area contributed by atoms with Gasteiger partial charge in [0.1, 0.15) is 10.6 Å². The van der Waals surface area contributed by atoms with E-state index in [1.54, 1.807) is 12.4 Å². The van der Waals surface area contributed by atoms with Gasteiger partial charge in [0, 0.05) is 36.1 Å². The van der Waals surface area contributed by atoms with Crippen LogP contribution in [-0.4, -0.2) is 51.1 Å². The van der Waals surface area contributed by atoms with Crippen LogP contribution in [0, 0.1) is 5.41 Å². The molecule has 0 aromatic carbocycles. The molecule has 1 aromatic rings. The molecule has 2 fully saturated rings. The third kappa shape index (κ3) is 4.84. The van der Waals surface area contributed by atoms with Gasteiger partial charge in [-0.1, -0.05) is 5.03 Å². The molecule has 2 aliphatic heterocycles. The van der Waals surface area contributed by atoms with Crippen molar-refractivity contribution in [1.82, 2.24) is 14.7 Å². The summed E-state index contributed by atoms with van der Waals surface area (Å²) in [7, 11) is 0. The number of piperidine rings is 1. The summed E-state index contributed by atoms with van der Waals surface area (Å²) in [5.74, 6) is 0.873. The van der Waals surface area contributed by atoms with E-state index < -0.39 is 11.4 Å². The Morgan fingerprint density at radius 1 is 1.31 bits per heavy atom. The van der Waals surface area contributed by atoms with Crippen LogP contribution in [-0.2, 0) is 28.7 Å². The Kier molecular flexibility index (Phi) is 7.64. The minimum Gasteiger partial charge on any atom is -0.759 e. The van der Waals surface area contributed by atoms with Gasteiger partial charge in [-0.15, -0.1) is 4.72 Å². The van der Waals surface area contributed by atoms with Crippen molar-refractivity contribution >= 4 is 29.8 Å². The van der Waals surface area contributed by atoms with Crippen LogP contribution in [0.3, 0.4) is 0 Å². The van der Waals surface area contributed by atoms with E-state index >= 15 is 0 Å². The summed E-state index contributed by atoms with van der Waals surface area (Å²) in [4.78, 5) is 10.8. The first-order valence-electron chi connectivity index (χ1n) is 8.75. The second-order valence-electron chi connectivity index (χ2n) is 8.06. The first kappa shape index (κ1) is 22.6. The molecule has 26 heavy (non-hydrogen) atoms. The molecule has 0 amide bonds. The molecule has 2 aliphatic rings. The average molecular weight is 407 g/mol. The van der Waals surface area contributed by atoms with E-state index in [-0.39, 0.29) is 51.9 Å². The van der Waals surface area contributed by atoms with Gasteiger partial charge < -0.3 is 26.8 Å². The Bertz CT molecular complexity index is 591. The molecular formula is C17H27N4NaO2S2. The fourth-order valence-electron chi connectivity index (χ4n) is 3.60. The number of ether oxygens (including phenoxy) is 1.